The summed E-state index contributed by atoms with van der Waals surface area (Å²) < 4.78 is 5.43. The van der Waals surface area contributed by atoms with Gasteiger partial charge in [0, 0.05) is 10.9 Å². The third-order valence-corrected chi connectivity index (χ3v) is 3.85. The van der Waals surface area contributed by atoms with E-state index in [1.165, 1.54) is 6.20 Å². The Labute approximate surface area is 150 Å². The largest absolute Gasteiger partial charge is 0.496 e. The number of hydrogen-bond donors (Lipinski definition) is 4. The number of anilines is 1. The highest BCUT2D eigenvalue weighted by Crippen LogP contribution is 2.32. The monoisotopic (exact) mass is 355 g/mol. The molecule has 0 radical (unpaired) electrons. The number of benzene rings is 2. The van der Waals surface area contributed by atoms with E-state index in [4.69, 9.17) is 20.4 Å². The number of carboxylic acid groups (broad SMARTS) is 1. The van der Waals surface area contributed by atoms with Crippen LogP contribution in [0.1, 0.15) is 5.56 Å². The van der Waals surface area contributed by atoms with Gasteiger partial charge in [-0.15, -0.1) is 0 Å². The number of aromatic nitrogens is 2. The van der Waals surface area contributed by atoms with Gasteiger partial charge in [0.05, 0.1) is 24.5 Å². The number of ether oxygens (including phenoxy) is 1. The SMILES string of the molecule is COc1cc(C)c(B(O)O)cc1-c1ccc2c(N)cnnc2c1.O=CO. The van der Waals surface area contributed by atoms with Crippen molar-refractivity contribution in [2.24, 2.45) is 0 Å². The van der Waals surface area contributed by atoms with Gasteiger partial charge in [-0.1, -0.05) is 12.1 Å². The van der Waals surface area contributed by atoms with Gasteiger partial charge in [-0.3, -0.25) is 4.79 Å². The van der Waals surface area contributed by atoms with E-state index in [0.29, 0.717) is 22.4 Å². The molecular formula is C17H18BN3O5. The molecule has 1 heterocycles. The Hall–Kier alpha value is -3.17. The van der Waals surface area contributed by atoms with Crippen molar-refractivity contribution in [3.8, 4) is 16.9 Å². The zero-order valence-electron chi connectivity index (χ0n) is 14.2. The average Bonchev–Trinajstić information content (AvgIpc) is 2.61. The first kappa shape index (κ1) is 19.2. The summed E-state index contributed by atoms with van der Waals surface area (Å²) >= 11 is 0. The zero-order valence-corrected chi connectivity index (χ0v) is 14.2. The number of nitrogen functional groups attached to an aromatic ring is 1. The van der Waals surface area contributed by atoms with E-state index < -0.39 is 7.12 Å². The van der Waals surface area contributed by atoms with Crippen molar-refractivity contribution in [2.45, 2.75) is 6.92 Å². The molecular weight excluding hydrogens is 337 g/mol. The minimum atomic E-state index is -1.55. The molecule has 0 fully saturated rings. The fourth-order valence-electron chi connectivity index (χ4n) is 2.62. The minimum absolute atomic E-state index is 0.250. The number of nitrogens with two attached hydrogens (primary N) is 1. The third kappa shape index (κ3) is 3.90. The van der Waals surface area contributed by atoms with E-state index in [9.17, 15) is 10.0 Å². The topological polar surface area (TPSA) is 139 Å². The first-order chi connectivity index (χ1) is 12.4. The lowest BCUT2D eigenvalue weighted by atomic mass is 9.76. The molecule has 0 unspecified atom stereocenters. The molecule has 134 valence electrons. The summed E-state index contributed by atoms with van der Waals surface area (Å²) in [4.78, 5) is 8.36. The quantitative estimate of drug-likeness (QED) is 0.395. The molecule has 8 nitrogen and oxygen atoms in total. The smallest absolute Gasteiger partial charge is 0.488 e. The number of methoxy groups -OCH3 is 1. The minimum Gasteiger partial charge on any atom is -0.496 e. The van der Waals surface area contributed by atoms with Crippen LogP contribution in [0.3, 0.4) is 0 Å². The van der Waals surface area contributed by atoms with Crippen LogP contribution in [0, 0.1) is 6.92 Å². The molecule has 5 N–H and O–H groups in total. The highest BCUT2D eigenvalue weighted by Gasteiger charge is 2.18. The van der Waals surface area contributed by atoms with E-state index in [1.807, 2.05) is 18.2 Å². The zero-order chi connectivity index (χ0) is 19.3. The van der Waals surface area contributed by atoms with E-state index in [1.54, 1.807) is 26.2 Å². The Morgan fingerprint density at radius 3 is 2.54 bits per heavy atom. The lowest BCUT2D eigenvalue weighted by Gasteiger charge is -2.14. The molecule has 26 heavy (non-hydrogen) atoms. The van der Waals surface area contributed by atoms with Crippen LogP contribution in [0.5, 0.6) is 5.75 Å². The molecule has 0 amide bonds. The first-order valence-electron chi connectivity index (χ1n) is 7.56. The Kier molecular flexibility index (Phi) is 6.10. The molecule has 0 aliphatic carbocycles. The van der Waals surface area contributed by atoms with Gasteiger partial charge in [0.1, 0.15) is 5.75 Å². The number of rotatable bonds is 3. The predicted octanol–water partition coefficient (Wildman–Crippen LogP) is 0.577. The lowest BCUT2D eigenvalue weighted by Crippen LogP contribution is -2.32. The van der Waals surface area contributed by atoms with E-state index in [-0.39, 0.29) is 6.47 Å². The van der Waals surface area contributed by atoms with Crippen molar-refractivity contribution < 1.29 is 24.7 Å². The molecule has 9 heteroatoms. The van der Waals surface area contributed by atoms with Gasteiger partial charge in [-0.05, 0) is 41.7 Å². The van der Waals surface area contributed by atoms with Crippen LogP contribution in [-0.4, -0.2) is 46.1 Å². The number of nitrogens with zero attached hydrogens (tertiary/aromatic N) is 2. The van der Waals surface area contributed by atoms with Gasteiger partial charge in [0.15, 0.2) is 0 Å². The fraction of sp³-hybridized carbons (Fsp3) is 0.118. The Morgan fingerprint density at radius 2 is 1.92 bits per heavy atom. The summed E-state index contributed by atoms with van der Waals surface area (Å²) in [5, 5.41) is 34.7. The number of hydrogen-bond acceptors (Lipinski definition) is 7. The van der Waals surface area contributed by atoms with Crippen molar-refractivity contribution in [3.63, 3.8) is 0 Å². The molecule has 3 rings (SSSR count). The summed E-state index contributed by atoms with van der Waals surface area (Å²) in [5.41, 5.74) is 9.86. The van der Waals surface area contributed by atoms with Gasteiger partial charge in [-0.2, -0.15) is 10.2 Å². The molecule has 0 spiro atoms. The summed E-state index contributed by atoms with van der Waals surface area (Å²) in [7, 11) is 0.0298. The summed E-state index contributed by atoms with van der Waals surface area (Å²) in [5.74, 6) is 0.642. The second-order valence-electron chi connectivity index (χ2n) is 5.42. The standard InChI is InChI=1S/C16H16BN3O3.CH2O2/c1-9-5-16(23-2)12(7-13(9)17(21)22)10-3-4-11-14(18)8-19-20-15(11)6-10;2-1-3/h3-8,21-22H,1-2H3,(H2,18,20);1H,(H,2,3). The van der Waals surface area contributed by atoms with Crippen molar-refractivity contribution >= 4 is 35.6 Å². The molecule has 0 bridgehead atoms. The van der Waals surface area contributed by atoms with Crippen molar-refractivity contribution in [1.29, 1.82) is 0 Å². The van der Waals surface area contributed by atoms with Crippen molar-refractivity contribution in [3.05, 3.63) is 42.1 Å². The normalized spacial score (nSPS) is 10.0. The van der Waals surface area contributed by atoms with Crippen LogP contribution >= 0.6 is 0 Å². The van der Waals surface area contributed by atoms with Crippen LogP contribution in [-0.2, 0) is 4.79 Å². The number of carbonyl (C=O) groups is 1. The predicted molar refractivity (Wildman–Crippen MR) is 99.2 cm³/mol. The van der Waals surface area contributed by atoms with Gasteiger partial charge in [0.2, 0.25) is 0 Å². The van der Waals surface area contributed by atoms with Crippen LogP contribution in [0.2, 0.25) is 0 Å². The van der Waals surface area contributed by atoms with E-state index >= 15 is 0 Å². The summed E-state index contributed by atoms with van der Waals surface area (Å²) in [6.07, 6.45) is 1.51. The molecule has 0 aliphatic heterocycles. The Morgan fingerprint density at radius 1 is 1.23 bits per heavy atom. The third-order valence-electron chi connectivity index (χ3n) is 3.85. The highest BCUT2D eigenvalue weighted by molar-refractivity contribution is 6.59. The lowest BCUT2D eigenvalue weighted by molar-refractivity contribution is -0.122. The van der Waals surface area contributed by atoms with Crippen LogP contribution < -0.4 is 15.9 Å². The summed E-state index contributed by atoms with van der Waals surface area (Å²) in [6.45, 7) is 1.55. The summed E-state index contributed by atoms with van der Waals surface area (Å²) in [6, 6.07) is 9.09. The van der Waals surface area contributed by atoms with Gasteiger partial charge in [-0.25, -0.2) is 0 Å². The molecule has 0 saturated carbocycles. The first-order valence-corrected chi connectivity index (χ1v) is 7.56. The highest BCUT2D eigenvalue weighted by atomic mass is 16.5. The van der Waals surface area contributed by atoms with Crippen LogP contribution in [0.25, 0.3) is 22.0 Å². The van der Waals surface area contributed by atoms with Gasteiger partial charge < -0.3 is 25.6 Å². The number of aryl methyl sites for hydroxylation is 1. The molecule has 1 aromatic heterocycles. The maximum absolute atomic E-state index is 9.52. The Balaban J connectivity index is 0.000000758. The molecule has 2 aromatic carbocycles. The number of fused-ring (bicyclic) bond motifs is 1. The van der Waals surface area contributed by atoms with E-state index in [2.05, 4.69) is 10.2 Å². The van der Waals surface area contributed by atoms with Crippen LogP contribution in [0.4, 0.5) is 5.69 Å². The molecule has 0 atom stereocenters. The molecule has 0 aliphatic rings. The Bertz CT molecular complexity index is 934. The van der Waals surface area contributed by atoms with Gasteiger partial charge >= 0.3 is 7.12 Å². The average molecular weight is 355 g/mol. The van der Waals surface area contributed by atoms with Crippen molar-refractivity contribution in [2.75, 3.05) is 12.8 Å². The van der Waals surface area contributed by atoms with Crippen LogP contribution in [0.15, 0.2) is 36.5 Å². The second-order valence-corrected chi connectivity index (χ2v) is 5.42. The fourth-order valence-corrected chi connectivity index (χ4v) is 2.62. The molecule has 0 saturated heterocycles. The molecule has 3 aromatic rings. The van der Waals surface area contributed by atoms with Gasteiger partial charge in [0.25, 0.3) is 6.47 Å². The maximum atomic E-state index is 9.52. The van der Waals surface area contributed by atoms with E-state index in [0.717, 1.165) is 22.1 Å². The second kappa shape index (κ2) is 8.28. The maximum Gasteiger partial charge on any atom is 0.488 e. The van der Waals surface area contributed by atoms with Crippen molar-refractivity contribution in [1.82, 2.24) is 10.2 Å².